The van der Waals surface area contributed by atoms with Crippen molar-refractivity contribution in [3.8, 4) is 11.4 Å². The van der Waals surface area contributed by atoms with Crippen LogP contribution in [-0.4, -0.2) is 39.1 Å². The van der Waals surface area contributed by atoms with E-state index in [0.717, 1.165) is 28.0 Å². The maximum atomic E-state index is 13.6. The third kappa shape index (κ3) is 5.40. The summed E-state index contributed by atoms with van der Waals surface area (Å²) in [5.74, 6) is 1.47. The van der Waals surface area contributed by atoms with Gasteiger partial charge in [-0.25, -0.2) is 9.37 Å². The predicted octanol–water partition coefficient (Wildman–Crippen LogP) is 5.21. The van der Waals surface area contributed by atoms with Crippen molar-refractivity contribution in [2.75, 3.05) is 0 Å². The number of nitrogens with zero attached hydrogens (tertiary/aromatic N) is 2. The van der Waals surface area contributed by atoms with Gasteiger partial charge in [-0.05, 0) is 57.4 Å². The molecule has 0 aliphatic heterocycles. The number of carbonyl (C=O) groups is 1. The number of aryl methyl sites for hydroxylation is 1. The lowest BCUT2D eigenvalue weighted by Crippen LogP contribution is -2.59. The van der Waals surface area contributed by atoms with E-state index < -0.39 is 10.8 Å². The largest absolute Gasteiger partial charge is 0.508 e. The van der Waals surface area contributed by atoms with Crippen molar-refractivity contribution < 1.29 is 14.3 Å². The molecule has 0 saturated heterocycles. The average molecular weight is 454 g/mol. The van der Waals surface area contributed by atoms with E-state index in [4.69, 9.17) is 7.85 Å². The van der Waals surface area contributed by atoms with E-state index in [1.54, 1.807) is 26.0 Å². The Balaban J connectivity index is 0.000000227. The van der Waals surface area contributed by atoms with Crippen molar-refractivity contribution in [3.63, 3.8) is 0 Å². The molecule has 1 aromatic heterocycles. The molecule has 0 amide bonds. The Morgan fingerprint density at radius 1 is 1.25 bits per heavy atom. The Hall–Kier alpha value is -2.20. The molecule has 4 unspecified atom stereocenters. The Labute approximate surface area is 194 Å². The van der Waals surface area contributed by atoms with Crippen LogP contribution in [0.3, 0.4) is 0 Å². The van der Waals surface area contributed by atoms with Gasteiger partial charge in [0.2, 0.25) is 0 Å². The zero-order chi connectivity index (χ0) is 24.3. The van der Waals surface area contributed by atoms with E-state index in [9.17, 15) is 14.3 Å². The molecule has 1 saturated carbocycles. The number of alkyl halides is 1. The summed E-state index contributed by atoms with van der Waals surface area (Å²) in [7, 11) is 8.24. The van der Waals surface area contributed by atoms with E-state index in [1.807, 2.05) is 62.6 Å². The van der Waals surface area contributed by atoms with Crippen molar-refractivity contribution in [2.24, 2.45) is 5.92 Å². The van der Waals surface area contributed by atoms with Crippen LogP contribution in [0.5, 0.6) is 5.75 Å². The van der Waals surface area contributed by atoms with Crippen molar-refractivity contribution in [1.29, 1.82) is 0 Å². The van der Waals surface area contributed by atoms with Crippen LogP contribution in [-0.2, 0) is 4.79 Å². The Morgan fingerprint density at radius 2 is 1.84 bits per heavy atom. The van der Waals surface area contributed by atoms with Crippen molar-refractivity contribution >= 4 is 39.4 Å². The number of fused-ring (bicyclic) bond motifs is 1. The topological polar surface area (TPSA) is 55.1 Å². The first-order chi connectivity index (χ1) is 14.9. The smallest absolute Gasteiger partial charge is 0.130 e. The van der Waals surface area contributed by atoms with Gasteiger partial charge in [0.1, 0.15) is 30.9 Å². The molecule has 1 aliphatic rings. The number of phenolic OH excluding ortho intramolecular Hbond substituents is 1. The molecule has 4 rings (SSSR count). The molecule has 32 heavy (non-hydrogen) atoms. The molecule has 2 aromatic carbocycles. The molecule has 4 atom stereocenters. The number of aromatic hydroxyl groups is 1. The molecule has 2 radical (unpaired) electrons. The molecule has 7 heteroatoms. The minimum absolute atomic E-state index is 0.157. The van der Waals surface area contributed by atoms with Gasteiger partial charge < -0.3 is 9.90 Å². The molecule has 1 N–H and O–H groups in total. The standard InChI is InChI=1S/C14H11BN2O.C9H16FOP.C2H6/c1-9-16-13-7-6-12(18)8-14(13)17(9)11-4-2-10(15)3-5-11;1-6(11)4-7-5-8(2,10)9(7,3)12;1-2/h2-8,18H,1H3;7H,4-5,12H2,1-3H3;1-2H3. The lowest BCUT2D eigenvalue weighted by atomic mass is 9.61. The number of aromatic nitrogens is 2. The molecule has 3 aromatic rings. The lowest BCUT2D eigenvalue weighted by Gasteiger charge is -2.54. The molecular formula is C25H33BFN2O2P. The van der Waals surface area contributed by atoms with Crippen LogP contribution in [0.25, 0.3) is 16.7 Å². The van der Waals surface area contributed by atoms with Gasteiger partial charge in [-0.1, -0.05) is 38.4 Å². The second-order valence-electron chi connectivity index (χ2n) is 8.55. The number of hydrogen-bond donors (Lipinski definition) is 1. The first kappa shape index (κ1) is 26.1. The van der Waals surface area contributed by atoms with Crippen LogP contribution < -0.4 is 5.46 Å². The predicted molar refractivity (Wildman–Crippen MR) is 135 cm³/mol. The number of ketones is 1. The van der Waals surface area contributed by atoms with E-state index in [-0.39, 0.29) is 17.5 Å². The number of halogens is 1. The summed E-state index contributed by atoms with van der Waals surface area (Å²) < 4.78 is 15.5. The fourth-order valence-corrected chi connectivity index (χ4v) is 4.31. The number of phenols is 1. The maximum Gasteiger partial charge on any atom is 0.130 e. The number of imidazole rings is 1. The van der Waals surface area contributed by atoms with Crippen molar-refractivity contribution in [3.05, 3.63) is 48.3 Å². The first-order valence-corrected chi connectivity index (χ1v) is 11.5. The van der Waals surface area contributed by atoms with Gasteiger partial charge in [-0.2, -0.15) is 0 Å². The average Bonchev–Trinajstić information content (AvgIpc) is 3.05. The van der Waals surface area contributed by atoms with Crippen LogP contribution in [0.4, 0.5) is 4.39 Å². The van der Waals surface area contributed by atoms with Gasteiger partial charge in [0.25, 0.3) is 0 Å². The van der Waals surface area contributed by atoms with E-state index in [2.05, 4.69) is 14.2 Å². The molecule has 0 bridgehead atoms. The zero-order valence-electron chi connectivity index (χ0n) is 19.8. The Morgan fingerprint density at radius 3 is 2.34 bits per heavy atom. The van der Waals surface area contributed by atoms with Crippen LogP contribution in [0.1, 0.15) is 53.3 Å². The van der Waals surface area contributed by atoms with Crippen molar-refractivity contribution in [2.45, 2.75) is 65.2 Å². The van der Waals surface area contributed by atoms with Crippen LogP contribution >= 0.6 is 9.24 Å². The summed E-state index contributed by atoms with van der Waals surface area (Å²) in [5.41, 5.74) is 2.34. The Bertz CT molecular complexity index is 1080. The number of benzene rings is 2. The highest BCUT2D eigenvalue weighted by Crippen LogP contribution is 2.57. The number of hydrogen-bond acceptors (Lipinski definition) is 3. The van der Waals surface area contributed by atoms with Crippen LogP contribution in [0.2, 0.25) is 0 Å². The van der Waals surface area contributed by atoms with Gasteiger partial charge in [-0.3, -0.25) is 4.57 Å². The Kier molecular flexibility index (Phi) is 8.28. The quantitative estimate of drug-likeness (QED) is 0.437. The van der Waals surface area contributed by atoms with Gasteiger partial charge in [0, 0.05) is 23.3 Å². The zero-order valence-corrected chi connectivity index (χ0v) is 21.0. The summed E-state index contributed by atoms with van der Waals surface area (Å²) >= 11 is 0. The molecule has 0 spiro atoms. The monoisotopic (exact) mass is 454 g/mol. The highest BCUT2D eigenvalue weighted by Gasteiger charge is 2.58. The van der Waals surface area contributed by atoms with Crippen LogP contribution in [0.15, 0.2) is 42.5 Å². The minimum Gasteiger partial charge on any atom is -0.508 e. The number of carbonyl (C=O) groups excluding carboxylic acids is 1. The third-order valence-corrected chi connectivity index (χ3v) is 7.17. The summed E-state index contributed by atoms with van der Waals surface area (Å²) in [6.45, 7) is 11.0. The van der Waals surface area contributed by atoms with Gasteiger partial charge in [-0.15, -0.1) is 9.24 Å². The SMILES string of the molecule is CC.CC(=O)CC1CC(C)(F)C1(C)P.[B]c1ccc(-n2c(C)nc3ccc(O)cc32)cc1. The summed E-state index contributed by atoms with van der Waals surface area (Å²) in [6, 6.07) is 12.7. The second kappa shape index (κ2) is 10.2. The van der Waals surface area contributed by atoms with E-state index in [0.29, 0.717) is 12.8 Å². The molecule has 1 aliphatic carbocycles. The maximum absolute atomic E-state index is 13.6. The van der Waals surface area contributed by atoms with E-state index >= 15 is 0 Å². The normalized spacial score (nSPS) is 23.9. The third-order valence-electron chi connectivity index (χ3n) is 6.09. The molecule has 1 heterocycles. The molecule has 170 valence electrons. The van der Waals surface area contributed by atoms with Gasteiger partial charge >= 0.3 is 0 Å². The molecular weight excluding hydrogens is 421 g/mol. The highest BCUT2D eigenvalue weighted by molar-refractivity contribution is 7.19. The van der Waals surface area contributed by atoms with E-state index in [1.165, 1.54) is 0 Å². The molecule has 1 fully saturated rings. The summed E-state index contributed by atoms with van der Waals surface area (Å²) in [4.78, 5) is 15.3. The van der Waals surface area contributed by atoms with Gasteiger partial charge in [0.05, 0.1) is 11.0 Å². The minimum atomic E-state index is -1.11. The first-order valence-electron chi connectivity index (χ1n) is 10.9. The van der Waals surface area contributed by atoms with Crippen molar-refractivity contribution in [1.82, 2.24) is 9.55 Å². The fraction of sp³-hybridized carbons (Fsp3) is 0.440. The fourth-order valence-electron chi connectivity index (χ4n) is 3.95. The summed E-state index contributed by atoms with van der Waals surface area (Å²) in [6.07, 6.45) is 1.03. The highest BCUT2D eigenvalue weighted by atomic mass is 31.0. The lowest BCUT2D eigenvalue weighted by molar-refractivity contribution is -0.121. The van der Waals surface area contributed by atoms with Gasteiger partial charge in [0.15, 0.2) is 0 Å². The molecule has 4 nitrogen and oxygen atoms in total. The number of rotatable bonds is 3. The summed E-state index contributed by atoms with van der Waals surface area (Å²) in [5, 5.41) is 9.19. The van der Waals surface area contributed by atoms with Crippen LogP contribution in [0, 0.1) is 12.8 Å². The number of Topliss-reactive ketones (excluding diaryl/α,β-unsaturated/α-hetero) is 1. The second-order valence-corrected chi connectivity index (χ2v) is 9.75.